The lowest BCUT2D eigenvalue weighted by Crippen LogP contribution is -2.20. The number of ether oxygens (including phenoxy) is 1. The molecule has 0 saturated heterocycles. The predicted molar refractivity (Wildman–Crippen MR) is 53.2 cm³/mol. The van der Waals surface area contributed by atoms with Gasteiger partial charge < -0.3 is 19.4 Å². The van der Waals surface area contributed by atoms with Crippen molar-refractivity contribution >= 4 is 13.3 Å². The van der Waals surface area contributed by atoms with Crippen LogP contribution in [0, 0.1) is 0 Å². The van der Waals surface area contributed by atoms with E-state index in [1.54, 1.807) is 19.1 Å². The zero-order chi connectivity index (χ0) is 11.3. The van der Waals surface area contributed by atoms with Crippen molar-refractivity contribution < 1.29 is 24.2 Å². The summed E-state index contributed by atoms with van der Waals surface area (Å²) < 4.78 is 9.35. The molecule has 6 heteroatoms. The van der Waals surface area contributed by atoms with Crippen molar-refractivity contribution in [3.05, 3.63) is 29.8 Å². The van der Waals surface area contributed by atoms with Crippen LogP contribution >= 0.6 is 0 Å². The first kappa shape index (κ1) is 11.5. The smallest absolute Gasteiger partial charge is 0.512 e. The van der Waals surface area contributed by atoms with Gasteiger partial charge in [-0.25, -0.2) is 4.79 Å². The molecule has 0 unspecified atom stereocenters. The highest BCUT2D eigenvalue weighted by Crippen LogP contribution is 2.14. The molecule has 1 aromatic carbocycles. The van der Waals surface area contributed by atoms with Crippen LogP contribution in [0.25, 0.3) is 0 Å². The number of esters is 1. The third kappa shape index (κ3) is 3.61. The fourth-order valence-electron chi connectivity index (χ4n) is 1.03. The Bertz CT molecular complexity index is 339. The molecule has 0 aliphatic rings. The van der Waals surface area contributed by atoms with E-state index in [1.807, 2.05) is 0 Å². The van der Waals surface area contributed by atoms with Crippen molar-refractivity contribution in [1.82, 2.24) is 0 Å². The molecule has 5 nitrogen and oxygen atoms in total. The van der Waals surface area contributed by atoms with E-state index in [0.717, 1.165) is 0 Å². The Balaban J connectivity index is 2.78. The summed E-state index contributed by atoms with van der Waals surface area (Å²) in [6.45, 7) is 1.99. The zero-order valence-corrected chi connectivity index (χ0v) is 8.21. The average molecular weight is 210 g/mol. The van der Waals surface area contributed by atoms with Crippen molar-refractivity contribution in [2.45, 2.75) is 6.92 Å². The van der Waals surface area contributed by atoms with Gasteiger partial charge in [-0.2, -0.15) is 0 Å². The Hall–Kier alpha value is -1.53. The van der Waals surface area contributed by atoms with Gasteiger partial charge in [0.25, 0.3) is 0 Å². The van der Waals surface area contributed by atoms with Crippen LogP contribution in [0.2, 0.25) is 0 Å². The van der Waals surface area contributed by atoms with Crippen molar-refractivity contribution in [2.24, 2.45) is 0 Å². The molecule has 2 N–H and O–H groups in total. The van der Waals surface area contributed by atoms with Crippen LogP contribution < -0.4 is 4.65 Å². The highest BCUT2D eigenvalue weighted by Gasteiger charge is 2.13. The third-order valence-corrected chi connectivity index (χ3v) is 1.59. The number of carbonyl (C=O) groups excluding carboxylic acids is 1. The van der Waals surface area contributed by atoms with E-state index in [2.05, 4.69) is 4.65 Å². The van der Waals surface area contributed by atoms with Gasteiger partial charge in [0.1, 0.15) is 5.75 Å². The molecule has 0 atom stereocenters. The Kier molecular flexibility index (Phi) is 4.14. The molecular weight excluding hydrogens is 199 g/mol. The quantitative estimate of drug-likeness (QED) is 0.548. The Labute approximate surface area is 87.4 Å². The molecule has 1 aromatic rings. The minimum atomic E-state index is -1.90. The van der Waals surface area contributed by atoms with Crippen LogP contribution in [0.4, 0.5) is 0 Å². The van der Waals surface area contributed by atoms with Crippen LogP contribution in [0.15, 0.2) is 24.3 Å². The Morgan fingerprint density at radius 3 is 2.80 bits per heavy atom. The molecule has 1 rings (SSSR count). The molecule has 0 radical (unpaired) electrons. The largest absolute Gasteiger partial charge is 0.707 e. The van der Waals surface area contributed by atoms with Crippen molar-refractivity contribution in [2.75, 3.05) is 6.61 Å². The summed E-state index contributed by atoms with van der Waals surface area (Å²) in [7, 11) is -1.90. The minimum absolute atomic E-state index is 0.190. The molecule has 0 fully saturated rings. The van der Waals surface area contributed by atoms with E-state index in [1.165, 1.54) is 12.1 Å². The molecule has 0 heterocycles. The molecule has 0 aromatic heterocycles. The number of benzene rings is 1. The summed E-state index contributed by atoms with van der Waals surface area (Å²) in [5.41, 5.74) is 0.301. The lowest BCUT2D eigenvalue weighted by Gasteiger charge is -2.06. The van der Waals surface area contributed by atoms with E-state index in [-0.39, 0.29) is 12.4 Å². The monoisotopic (exact) mass is 210 g/mol. The molecule has 0 bridgehead atoms. The molecule has 0 saturated carbocycles. The van der Waals surface area contributed by atoms with Gasteiger partial charge in [-0.15, -0.1) is 0 Å². The van der Waals surface area contributed by atoms with Crippen molar-refractivity contribution in [3.63, 3.8) is 0 Å². The normalized spacial score (nSPS) is 9.53. The van der Waals surface area contributed by atoms with Gasteiger partial charge in [0, 0.05) is 0 Å². The molecule has 0 aliphatic heterocycles. The zero-order valence-electron chi connectivity index (χ0n) is 8.21. The van der Waals surface area contributed by atoms with Gasteiger partial charge in [-0.05, 0) is 25.1 Å². The van der Waals surface area contributed by atoms with Gasteiger partial charge in [-0.1, -0.05) is 6.07 Å². The number of carbonyl (C=O) groups is 1. The minimum Gasteiger partial charge on any atom is -0.512 e. The summed E-state index contributed by atoms with van der Waals surface area (Å²) in [5, 5.41) is 17.1. The standard InChI is InChI=1S/C9H11BO5/c1-2-14-9(11)7-4-3-5-8(6-7)15-10(12)13/h3-6,12-13H,2H2,1H3. The van der Waals surface area contributed by atoms with Gasteiger partial charge in [0.2, 0.25) is 0 Å². The molecule has 0 amide bonds. The van der Waals surface area contributed by atoms with Crippen LogP contribution in [-0.4, -0.2) is 29.9 Å². The van der Waals surface area contributed by atoms with Crippen LogP contribution in [0.1, 0.15) is 17.3 Å². The van der Waals surface area contributed by atoms with Crippen LogP contribution in [-0.2, 0) is 4.74 Å². The maximum atomic E-state index is 11.3. The lowest BCUT2D eigenvalue weighted by atomic mass is 10.2. The van der Waals surface area contributed by atoms with Gasteiger partial charge in [0.15, 0.2) is 0 Å². The first-order valence-corrected chi connectivity index (χ1v) is 4.43. The SMILES string of the molecule is CCOC(=O)c1cccc(OB(O)O)c1. The molecular formula is C9H11BO5. The predicted octanol–water partition coefficient (Wildman–Crippen LogP) is 0.212. The first-order valence-electron chi connectivity index (χ1n) is 4.43. The number of hydrogen-bond acceptors (Lipinski definition) is 5. The van der Waals surface area contributed by atoms with E-state index in [0.29, 0.717) is 5.56 Å². The van der Waals surface area contributed by atoms with E-state index >= 15 is 0 Å². The molecule has 15 heavy (non-hydrogen) atoms. The topological polar surface area (TPSA) is 76.0 Å². The summed E-state index contributed by atoms with van der Waals surface area (Å²) in [6, 6.07) is 5.98. The van der Waals surface area contributed by atoms with E-state index in [9.17, 15) is 4.79 Å². The maximum absolute atomic E-state index is 11.3. The Morgan fingerprint density at radius 1 is 1.47 bits per heavy atom. The maximum Gasteiger partial charge on any atom is 0.707 e. The Morgan fingerprint density at radius 2 is 2.20 bits per heavy atom. The highest BCUT2D eigenvalue weighted by atomic mass is 16.6. The lowest BCUT2D eigenvalue weighted by molar-refractivity contribution is 0.0526. The summed E-state index contributed by atoms with van der Waals surface area (Å²) in [5.74, 6) is -0.286. The molecule has 80 valence electrons. The number of hydrogen-bond donors (Lipinski definition) is 2. The fourth-order valence-corrected chi connectivity index (χ4v) is 1.03. The van der Waals surface area contributed by atoms with Gasteiger partial charge >= 0.3 is 13.3 Å². The highest BCUT2D eigenvalue weighted by molar-refractivity contribution is 6.33. The average Bonchev–Trinajstić information content (AvgIpc) is 2.17. The van der Waals surface area contributed by atoms with E-state index < -0.39 is 13.3 Å². The second-order valence-corrected chi connectivity index (χ2v) is 2.69. The second-order valence-electron chi connectivity index (χ2n) is 2.69. The van der Waals surface area contributed by atoms with Crippen LogP contribution in [0.3, 0.4) is 0 Å². The summed E-state index contributed by atoms with van der Waals surface area (Å²) in [6.07, 6.45) is 0. The van der Waals surface area contributed by atoms with Crippen molar-refractivity contribution in [3.8, 4) is 5.75 Å². The van der Waals surface area contributed by atoms with E-state index in [4.69, 9.17) is 14.8 Å². The summed E-state index contributed by atoms with van der Waals surface area (Å²) >= 11 is 0. The van der Waals surface area contributed by atoms with Crippen molar-refractivity contribution in [1.29, 1.82) is 0 Å². The fraction of sp³-hybridized carbons (Fsp3) is 0.222. The molecule has 0 aliphatic carbocycles. The number of rotatable bonds is 4. The van der Waals surface area contributed by atoms with Crippen LogP contribution in [0.5, 0.6) is 5.75 Å². The molecule has 0 spiro atoms. The second kappa shape index (κ2) is 5.38. The van der Waals surface area contributed by atoms with Gasteiger partial charge in [0.05, 0.1) is 12.2 Å². The summed E-state index contributed by atoms with van der Waals surface area (Å²) in [4.78, 5) is 11.3. The third-order valence-electron chi connectivity index (χ3n) is 1.59. The van der Waals surface area contributed by atoms with Gasteiger partial charge in [-0.3, -0.25) is 0 Å². The first-order chi connectivity index (χ1) is 7.13.